The molecule has 0 radical (unpaired) electrons. The summed E-state index contributed by atoms with van der Waals surface area (Å²) in [6.07, 6.45) is 5.41. The Kier molecular flexibility index (Phi) is 7.14. The van der Waals surface area contributed by atoms with Crippen LogP contribution in [0.5, 0.6) is 5.75 Å². The van der Waals surface area contributed by atoms with E-state index >= 15 is 0 Å². The van der Waals surface area contributed by atoms with Gasteiger partial charge in [0.05, 0.1) is 30.6 Å². The molecule has 3 fully saturated rings. The van der Waals surface area contributed by atoms with Crippen molar-refractivity contribution in [3.05, 3.63) is 42.2 Å². The number of fused-ring (bicyclic) bond motifs is 3. The monoisotopic (exact) mass is 454 g/mol. The molecule has 1 aromatic carbocycles. The largest absolute Gasteiger partial charge is 0.490 e. The summed E-state index contributed by atoms with van der Waals surface area (Å²) in [6.45, 7) is 8.15. The number of hydrogen-bond donors (Lipinski definition) is 1. The van der Waals surface area contributed by atoms with Gasteiger partial charge in [-0.15, -0.1) is 0 Å². The quantitative estimate of drug-likeness (QED) is 0.576. The minimum absolute atomic E-state index is 0.00875. The van der Waals surface area contributed by atoms with Gasteiger partial charge in [-0.1, -0.05) is 18.2 Å². The highest BCUT2D eigenvalue weighted by atomic mass is 16.5. The summed E-state index contributed by atoms with van der Waals surface area (Å²) in [7, 11) is 1.67. The van der Waals surface area contributed by atoms with Crippen molar-refractivity contribution in [2.45, 2.75) is 44.7 Å². The number of nitrogens with zero attached hydrogens (tertiary/aromatic N) is 4. The van der Waals surface area contributed by atoms with Crippen molar-refractivity contribution in [2.75, 3.05) is 40.0 Å². The van der Waals surface area contributed by atoms with Gasteiger partial charge < -0.3 is 19.5 Å². The Morgan fingerprint density at radius 2 is 1.94 bits per heavy atom. The Morgan fingerprint density at radius 3 is 2.55 bits per heavy atom. The summed E-state index contributed by atoms with van der Waals surface area (Å²) >= 11 is 0. The Bertz CT molecular complexity index is 942. The fourth-order valence-corrected chi connectivity index (χ4v) is 5.13. The van der Waals surface area contributed by atoms with Crippen LogP contribution in [0.4, 0.5) is 4.79 Å². The third-order valence-corrected chi connectivity index (χ3v) is 6.98. The molecule has 2 aromatic rings. The molecule has 3 saturated heterocycles. The lowest BCUT2D eigenvalue weighted by atomic mass is 9.80. The highest BCUT2D eigenvalue weighted by Gasteiger charge is 2.45. The lowest BCUT2D eigenvalue weighted by Gasteiger charge is -2.52. The maximum atomic E-state index is 12.5. The molecule has 8 heteroatoms. The Morgan fingerprint density at radius 1 is 1.21 bits per heavy atom. The molecule has 3 aliphatic heterocycles. The summed E-state index contributed by atoms with van der Waals surface area (Å²) in [4.78, 5) is 25.5. The van der Waals surface area contributed by atoms with Crippen LogP contribution in [0.15, 0.2) is 36.7 Å². The Balaban J connectivity index is 1.53. The van der Waals surface area contributed by atoms with Gasteiger partial charge in [0.2, 0.25) is 0 Å². The second-order valence-corrected chi connectivity index (χ2v) is 9.43. The molecule has 1 aromatic heterocycles. The van der Waals surface area contributed by atoms with Crippen LogP contribution in [0.1, 0.15) is 38.7 Å². The molecule has 0 aliphatic carbocycles. The van der Waals surface area contributed by atoms with Crippen LogP contribution in [0, 0.1) is 5.92 Å². The van der Waals surface area contributed by atoms with E-state index in [0.717, 1.165) is 50.0 Å². The van der Waals surface area contributed by atoms with Gasteiger partial charge in [-0.3, -0.25) is 4.90 Å². The molecule has 1 N–H and O–H groups in total. The molecule has 1 atom stereocenters. The first-order chi connectivity index (χ1) is 15.9. The van der Waals surface area contributed by atoms with Gasteiger partial charge in [0.1, 0.15) is 0 Å². The maximum absolute atomic E-state index is 12.5. The van der Waals surface area contributed by atoms with Crippen LogP contribution in [-0.2, 0) is 10.3 Å². The Labute approximate surface area is 195 Å². The number of benzene rings is 1. The molecule has 0 saturated carbocycles. The lowest BCUT2D eigenvalue weighted by Crippen LogP contribution is -2.62. The first-order valence-corrected chi connectivity index (χ1v) is 11.7. The zero-order valence-electron chi connectivity index (χ0n) is 19.7. The fraction of sp³-hybridized carbons (Fsp3) is 0.560. The smallest absolute Gasteiger partial charge is 0.408 e. The van der Waals surface area contributed by atoms with E-state index in [1.54, 1.807) is 24.4 Å². The topological polar surface area (TPSA) is 88.0 Å². The molecular weight excluding hydrogens is 420 g/mol. The molecule has 2 bridgehead atoms. The van der Waals surface area contributed by atoms with Crippen molar-refractivity contribution >= 4 is 6.09 Å². The number of carbonyl (C=O) groups is 1. The van der Waals surface area contributed by atoms with Crippen molar-refractivity contribution in [1.82, 2.24) is 19.8 Å². The molecule has 1 amide bonds. The van der Waals surface area contributed by atoms with Gasteiger partial charge in [-0.05, 0) is 57.3 Å². The predicted octanol–water partition coefficient (Wildman–Crippen LogP) is 3.87. The van der Waals surface area contributed by atoms with Gasteiger partial charge in [-0.25, -0.2) is 14.8 Å². The van der Waals surface area contributed by atoms with E-state index in [9.17, 15) is 9.90 Å². The average Bonchev–Trinajstić information content (AvgIpc) is 2.83. The SMILES string of the molecule is COCCCOc1cnc(-c2cccc(C(C)(C)N(C(=O)O)C3CN4CCC3CC4)c2)nc1. The number of rotatable bonds is 9. The predicted molar refractivity (Wildman–Crippen MR) is 125 cm³/mol. The average molecular weight is 455 g/mol. The summed E-state index contributed by atoms with van der Waals surface area (Å²) in [5.41, 5.74) is 1.10. The van der Waals surface area contributed by atoms with Gasteiger partial charge in [0.25, 0.3) is 0 Å². The highest BCUT2D eigenvalue weighted by molar-refractivity contribution is 5.68. The van der Waals surface area contributed by atoms with Gasteiger partial charge in [-0.2, -0.15) is 0 Å². The minimum atomic E-state index is -0.865. The summed E-state index contributed by atoms with van der Waals surface area (Å²) < 4.78 is 10.7. The molecule has 178 valence electrons. The second-order valence-electron chi connectivity index (χ2n) is 9.43. The van der Waals surface area contributed by atoms with Crippen LogP contribution in [-0.4, -0.2) is 77.0 Å². The third-order valence-electron chi connectivity index (χ3n) is 6.98. The number of aromatic nitrogens is 2. The molecule has 33 heavy (non-hydrogen) atoms. The summed E-state index contributed by atoms with van der Waals surface area (Å²) in [5, 5.41) is 10.2. The van der Waals surface area contributed by atoms with Gasteiger partial charge in [0, 0.05) is 32.2 Å². The van der Waals surface area contributed by atoms with E-state index < -0.39 is 11.6 Å². The number of hydrogen-bond acceptors (Lipinski definition) is 6. The second kappa shape index (κ2) is 10.1. The van der Waals surface area contributed by atoms with Crippen LogP contribution >= 0.6 is 0 Å². The molecule has 4 heterocycles. The van der Waals surface area contributed by atoms with Crippen LogP contribution in [0.2, 0.25) is 0 Å². The van der Waals surface area contributed by atoms with Gasteiger partial charge >= 0.3 is 6.09 Å². The van der Waals surface area contributed by atoms with Crippen molar-refractivity contribution in [3.63, 3.8) is 0 Å². The van der Waals surface area contributed by atoms with Crippen molar-refractivity contribution < 1.29 is 19.4 Å². The normalized spacial score (nSPS) is 22.2. The lowest BCUT2D eigenvalue weighted by molar-refractivity contribution is -0.0289. The molecular formula is C25H34N4O4. The fourth-order valence-electron chi connectivity index (χ4n) is 5.13. The summed E-state index contributed by atoms with van der Waals surface area (Å²) in [6, 6.07) is 7.91. The van der Waals surface area contributed by atoms with E-state index in [1.807, 2.05) is 38.1 Å². The number of piperidine rings is 3. The number of carboxylic acid groups (broad SMARTS) is 1. The van der Waals surface area contributed by atoms with Crippen LogP contribution < -0.4 is 4.74 Å². The number of amides is 1. The summed E-state index contributed by atoms with van der Waals surface area (Å²) in [5.74, 6) is 1.63. The maximum Gasteiger partial charge on any atom is 0.408 e. The van der Waals surface area contributed by atoms with E-state index in [-0.39, 0.29) is 6.04 Å². The van der Waals surface area contributed by atoms with Gasteiger partial charge in [0.15, 0.2) is 11.6 Å². The van der Waals surface area contributed by atoms with E-state index in [4.69, 9.17) is 9.47 Å². The molecule has 8 nitrogen and oxygen atoms in total. The minimum Gasteiger partial charge on any atom is -0.490 e. The van der Waals surface area contributed by atoms with Crippen molar-refractivity contribution in [3.8, 4) is 17.1 Å². The zero-order chi connectivity index (χ0) is 23.4. The first-order valence-electron chi connectivity index (χ1n) is 11.7. The van der Waals surface area contributed by atoms with E-state index in [1.165, 1.54) is 0 Å². The third kappa shape index (κ3) is 5.12. The Hall–Kier alpha value is -2.71. The number of methoxy groups -OCH3 is 1. The molecule has 1 unspecified atom stereocenters. The van der Waals surface area contributed by atoms with Crippen LogP contribution in [0.25, 0.3) is 11.4 Å². The molecule has 0 spiro atoms. The standard InChI is InChI=1S/C25H34N4O4/c1-25(2,29(24(30)31)22-17-28-10-8-18(22)9-11-28)20-7-4-6-19(14-20)23-26-15-21(16-27-23)33-13-5-12-32-3/h4,6-7,14-16,18,22H,5,8-13,17H2,1-3H3,(H,30,31). The van der Waals surface area contributed by atoms with Crippen molar-refractivity contribution in [1.29, 1.82) is 0 Å². The molecule has 5 rings (SSSR count). The molecule has 3 aliphatic rings. The first kappa shape index (κ1) is 23.4. The van der Waals surface area contributed by atoms with Crippen molar-refractivity contribution in [2.24, 2.45) is 5.92 Å². The van der Waals surface area contributed by atoms with E-state index in [0.29, 0.717) is 30.7 Å². The highest BCUT2D eigenvalue weighted by Crippen LogP contribution is 2.39. The number of ether oxygens (including phenoxy) is 2. The van der Waals surface area contributed by atoms with Crippen LogP contribution in [0.3, 0.4) is 0 Å². The zero-order valence-corrected chi connectivity index (χ0v) is 19.7. The van der Waals surface area contributed by atoms with E-state index in [2.05, 4.69) is 14.9 Å².